The third-order valence-electron chi connectivity index (χ3n) is 4.72. The van der Waals surface area contributed by atoms with Crippen LogP contribution in [-0.2, 0) is 9.53 Å². The summed E-state index contributed by atoms with van der Waals surface area (Å²) in [7, 11) is 0. The van der Waals surface area contributed by atoms with E-state index in [1.807, 2.05) is 55.5 Å². The van der Waals surface area contributed by atoms with Crippen LogP contribution in [0.1, 0.15) is 12.5 Å². The van der Waals surface area contributed by atoms with Gasteiger partial charge in [0.25, 0.3) is 5.91 Å². The van der Waals surface area contributed by atoms with E-state index >= 15 is 0 Å². The lowest BCUT2D eigenvalue weighted by atomic mass is 10.1. The molecule has 4 rings (SSSR count). The molecule has 1 aromatic heterocycles. The van der Waals surface area contributed by atoms with Gasteiger partial charge in [-0.25, -0.2) is 10.4 Å². The number of hydrogen-bond donors (Lipinski definition) is 2. The molecular formula is C21H23N5O3. The van der Waals surface area contributed by atoms with Crippen molar-refractivity contribution in [1.82, 2.24) is 14.9 Å². The van der Waals surface area contributed by atoms with Gasteiger partial charge in [0.1, 0.15) is 5.75 Å². The number of amides is 1. The first-order chi connectivity index (χ1) is 14.2. The predicted molar refractivity (Wildman–Crippen MR) is 111 cm³/mol. The van der Waals surface area contributed by atoms with Crippen LogP contribution in [0.3, 0.4) is 0 Å². The Morgan fingerprint density at radius 3 is 2.72 bits per heavy atom. The lowest BCUT2D eigenvalue weighted by Gasteiger charge is -2.26. The number of morpholine rings is 1. The summed E-state index contributed by atoms with van der Waals surface area (Å²) in [5.41, 5.74) is 6.54. The number of anilines is 1. The molecule has 0 atom stereocenters. The highest BCUT2D eigenvalue weighted by Crippen LogP contribution is 2.15. The molecule has 0 spiro atoms. The van der Waals surface area contributed by atoms with Gasteiger partial charge in [-0.05, 0) is 48.9 Å². The number of hydrogen-bond acceptors (Lipinski definition) is 6. The second-order valence-electron chi connectivity index (χ2n) is 6.72. The molecular weight excluding hydrogens is 370 g/mol. The van der Waals surface area contributed by atoms with E-state index in [2.05, 4.69) is 20.5 Å². The average molecular weight is 393 g/mol. The van der Waals surface area contributed by atoms with Crippen LogP contribution in [0.15, 0.2) is 53.6 Å². The Bertz CT molecular complexity index is 974. The number of benzene rings is 2. The van der Waals surface area contributed by atoms with E-state index in [1.54, 1.807) is 4.90 Å². The molecule has 2 aromatic carbocycles. The minimum atomic E-state index is -0.0230. The molecule has 29 heavy (non-hydrogen) atoms. The molecule has 1 amide bonds. The summed E-state index contributed by atoms with van der Waals surface area (Å²) in [5.74, 6) is 1.21. The van der Waals surface area contributed by atoms with Crippen LogP contribution in [0.2, 0.25) is 0 Å². The van der Waals surface area contributed by atoms with E-state index in [0.717, 1.165) is 22.3 Å². The molecule has 2 heterocycles. The molecule has 150 valence electrons. The summed E-state index contributed by atoms with van der Waals surface area (Å²) in [4.78, 5) is 21.5. The molecule has 8 nitrogen and oxygen atoms in total. The van der Waals surface area contributed by atoms with Crippen molar-refractivity contribution in [2.45, 2.75) is 6.92 Å². The molecule has 2 N–H and O–H groups in total. The third-order valence-corrected chi connectivity index (χ3v) is 4.72. The van der Waals surface area contributed by atoms with Crippen LogP contribution in [0.5, 0.6) is 5.75 Å². The summed E-state index contributed by atoms with van der Waals surface area (Å²) < 4.78 is 10.9. The Kier molecular flexibility index (Phi) is 5.71. The van der Waals surface area contributed by atoms with Crippen LogP contribution >= 0.6 is 0 Å². The number of aromatic amines is 1. The van der Waals surface area contributed by atoms with Gasteiger partial charge in [-0.15, -0.1) is 0 Å². The number of rotatable bonds is 6. The fraction of sp³-hybridized carbons (Fsp3) is 0.286. The molecule has 0 saturated carbocycles. The zero-order valence-electron chi connectivity index (χ0n) is 16.2. The molecule has 0 radical (unpaired) electrons. The Balaban J connectivity index is 1.32. The van der Waals surface area contributed by atoms with E-state index in [-0.39, 0.29) is 12.5 Å². The number of nitrogens with zero attached hydrogens (tertiary/aromatic N) is 3. The van der Waals surface area contributed by atoms with Gasteiger partial charge in [-0.3, -0.25) is 4.79 Å². The first-order valence-electron chi connectivity index (χ1n) is 9.53. The number of ether oxygens (including phenoxy) is 2. The minimum absolute atomic E-state index is 0.0230. The Morgan fingerprint density at radius 1 is 1.21 bits per heavy atom. The van der Waals surface area contributed by atoms with Crippen molar-refractivity contribution in [1.29, 1.82) is 0 Å². The van der Waals surface area contributed by atoms with Crippen molar-refractivity contribution in [3.8, 4) is 5.75 Å². The number of H-pyrrole nitrogens is 1. The maximum absolute atomic E-state index is 12.1. The smallest absolute Gasteiger partial charge is 0.260 e. The maximum atomic E-state index is 12.1. The van der Waals surface area contributed by atoms with Gasteiger partial charge in [0, 0.05) is 13.1 Å². The van der Waals surface area contributed by atoms with Crippen molar-refractivity contribution in [3.05, 3.63) is 54.1 Å². The van der Waals surface area contributed by atoms with Crippen LogP contribution in [0.25, 0.3) is 11.0 Å². The Morgan fingerprint density at radius 2 is 1.97 bits per heavy atom. The Hall–Kier alpha value is -3.39. The summed E-state index contributed by atoms with van der Waals surface area (Å²) in [5, 5.41) is 4.38. The highest BCUT2D eigenvalue weighted by Gasteiger charge is 2.17. The Labute approximate surface area is 168 Å². The maximum Gasteiger partial charge on any atom is 0.260 e. The second kappa shape index (κ2) is 8.74. The first kappa shape index (κ1) is 18.9. The summed E-state index contributed by atoms with van der Waals surface area (Å²) in [6.45, 7) is 4.35. The minimum Gasteiger partial charge on any atom is -0.484 e. The van der Waals surface area contributed by atoms with Crippen LogP contribution < -0.4 is 10.2 Å². The van der Waals surface area contributed by atoms with Gasteiger partial charge in [0.05, 0.1) is 30.0 Å². The second-order valence-corrected chi connectivity index (χ2v) is 6.72. The van der Waals surface area contributed by atoms with E-state index in [0.29, 0.717) is 38.0 Å². The van der Waals surface area contributed by atoms with E-state index in [1.165, 1.54) is 0 Å². The van der Waals surface area contributed by atoms with E-state index < -0.39 is 0 Å². The van der Waals surface area contributed by atoms with Gasteiger partial charge >= 0.3 is 0 Å². The summed E-state index contributed by atoms with van der Waals surface area (Å²) in [6, 6.07) is 15.3. The van der Waals surface area contributed by atoms with Crippen molar-refractivity contribution < 1.29 is 14.3 Å². The molecule has 0 aliphatic carbocycles. The monoisotopic (exact) mass is 393 g/mol. The van der Waals surface area contributed by atoms with Gasteiger partial charge in [0.15, 0.2) is 6.61 Å². The largest absolute Gasteiger partial charge is 0.484 e. The van der Waals surface area contributed by atoms with Crippen LogP contribution in [0.4, 0.5) is 5.95 Å². The number of hydrazone groups is 1. The number of aromatic nitrogens is 2. The molecule has 0 bridgehead atoms. The normalized spacial score (nSPS) is 14.8. The molecule has 1 saturated heterocycles. The number of imidazole rings is 1. The zero-order chi connectivity index (χ0) is 20.1. The highest BCUT2D eigenvalue weighted by atomic mass is 16.5. The molecule has 1 aliphatic rings. The number of fused-ring (bicyclic) bond motifs is 1. The number of carbonyl (C=O) groups is 1. The quantitative estimate of drug-likeness (QED) is 0.496. The van der Waals surface area contributed by atoms with Crippen molar-refractivity contribution in [3.63, 3.8) is 0 Å². The van der Waals surface area contributed by atoms with Gasteiger partial charge in [-0.2, -0.15) is 5.10 Å². The molecule has 1 fully saturated rings. The lowest BCUT2D eigenvalue weighted by molar-refractivity contribution is -0.137. The molecule has 3 aromatic rings. The molecule has 0 unspecified atom stereocenters. The van der Waals surface area contributed by atoms with Crippen molar-refractivity contribution >= 4 is 28.6 Å². The SMILES string of the molecule is C/C(=N/Nc1nc2ccccc2[nH]1)c1ccc(OCC(=O)N2CCOCC2)cc1. The first-order valence-corrected chi connectivity index (χ1v) is 9.53. The standard InChI is InChI=1S/C21H23N5O3/c1-15(24-25-21-22-18-4-2-3-5-19(18)23-21)16-6-8-17(9-7-16)29-14-20(27)26-10-12-28-13-11-26/h2-9H,10-14H2,1H3,(H2,22,23,25)/b24-15-. The third kappa shape index (κ3) is 4.72. The zero-order valence-corrected chi connectivity index (χ0v) is 16.2. The molecule has 1 aliphatic heterocycles. The fourth-order valence-corrected chi connectivity index (χ4v) is 3.05. The summed E-state index contributed by atoms with van der Waals surface area (Å²) in [6.07, 6.45) is 0. The van der Waals surface area contributed by atoms with Crippen molar-refractivity contribution in [2.75, 3.05) is 38.3 Å². The topological polar surface area (TPSA) is 91.8 Å². The number of nitrogens with one attached hydrogen (secondary N) is 2. The van der Waals surface area contributed by atoms with Crippen LogP contribution in [-0.4, -0.2) is 59.4 Å². The fourth-order valence-electron chi connectivity index (χ4n) is 3.05. The predicted octanol–water partition coefficient (Wildman–Crippen LogP) is 2.64. The molecule has 8 heteroatoms. The van der Waals surface area contributed by atoms with E-state index in [9.17, 15) is 4.79 Å². The van der Waals surface area contributed by atoms with Crippen LogP contribution in [0, 0.1) is 0 Å². The van der Waals surface area contributed by atoms with E-state index in [4.69, 9.17) is 9.47 Å². The van der Waals surface area contributed by atoms with Gasteiger partial charge in [-0.1, -0.05) is 12.1 Å². The lowest BCUT2D eigenvalue weighted by Crippen LogP contribution is -2.42. The van der Waals surface area contributed by atoms with Gasteiger partial charge in [0.2, 0.25) is 5.95 Å². The average Bonchev–Trinajstić information content (AvgIpc) is 3.20. The number of para-hydroxylation sites is 2. The summed E-state index contributed by atoms with van der Waals surface area (Å²) >= 11 is 0. The number of carbonyl (C=O) groups excluding carboxylic acids is 1. The van der Waals surface area contributed by atoms with Crippen molar-refractivity contribution in [2.24, 2.45) is 5.10 Å². The van der Waals surface area contributed by atoms with Gasteiger partial charge < -0.3 is 19.4 Å². The highest BCUT2D eigenvalue weighted by molar-refractivity contribution is 5.99.